The summed E-state index contributed by atoms with van der Waals surface area (Å²) in [7, 11) is 0. The lowest BCUT2D eigenvalue weighted by molar-refractivity contribution is 0.160. The Morgan fingerprint density at radius 1 is 1.20 bits per heavy atom. The van der Waals surface area contributed by atoms with Crippen molar-refractivity contribution in [1.82, 2.24) is 9.97 Å². The normalized spacial score (nSPS) is 13.8. The molecule has 7 heteroatoms. The number of hydrogen-bond acceptors (Lipinski definition) is 4. The van der Waals surface area contributed by atoms with Crippen LogP contribution in [0, 0.1) is 11.6 Å². The van der Waals surface area contributed by atoms with E-state index in [1.54, 1.807) is 19.3 Å². The Bertz CT molecular complexity index is 595. The molecule has 0 fully saturated rings. The molecule has 1 aromatic heterocycles. The van der Waals surface area contributed by atoms with Crippen LogP contribution in [0.2, 0.25) is 0 Å². The largest absolute Gasteiger partial charge is 0.386 e. The number of halogens is 3. The third-order valence-corrected chi connectivity index (χ3v) is 3.15. The van der Waals surface area contributed by atoms with Crippen LogP contribution in [-0.4, -0.2) is 21.1 Å². The number of benzene rings is 1. The fraction of sp³-hybridized carbons (Fsp3) is 0.231. The number of rotatable bonds is 4. The number of aliphatic hydroxyl groups excluding tert-OH is 1. The number of anilines is 1. The van der Waals surface area contributed by atoms with E-state index in [0.29, 0.717) is 5.95 Å². The Morgan fingerprint density at radius 3 is 2.45 bits per heavy atom. The maximum atomic E-state index is 13.1. The van der Waals surface area contributed by atoms with Crippen molar-refractivity contribution >= 4 is 21.9 Å². The smallest absolute Gasteiger partial charge is 0.222 e. The number of nitrogens with zero attached hydrogens (tertiary/aromatic N) is 2. The zero-order chi connectivity index (χ0) is 14.7. The van der Waals surface area contributed by atoms with E-state index in [0.717, 1.165) is 16.6 Å². The van der Waals surface area contributed by atoms with E-state index in [9.17, 15) is 13.9 Å². The van der Waals surface area contributed by atoms with Crippen LogP contribution in [0.3, 0.4) is 0 Å². The molecule has 0 amide bonds. The quantitative estimate of drug-likeness (QED) is 0.895. The first-order valence-electron chi connectivity index (χ1n) is 5.84. The minimum atomic E-state index is -1.02. The summed E-state index contributed by atoms with van der Waals surface area (Å²) in [6.45, 7) is 1.69. The molecule has 20 heavy (non-hydrogen) atoms. The molecule has 0 aliphatic rings. The fourth-order valence-electron chi connectivity index (χ4n) is 1.65. The highest BCUT2D eigenvalue weighted by Gasteiger charge is 2.18. The number of hydrogen-bond donors (Lipinski definition) is 2. The summed E-state index contributed by atoms with van der Waals surface area (Å²) in [6, 6.07) is 2.82. The van der Waals surface area contributed by atoms with Crippen molar-refractivity contribution in [3.8, 4) is 0 Å². The standard InChI is InChI=1S/C13H12BrF2N3O/c1-7(19-13-17-5-9(14)6-18-13)12(20)8-2-3-10(15)11(16)4-8/h2-7,12,20H,1H3,(H,17,18,19)/t7-,12-/m0/s1. The maximum Gasteiger partial charge on any atom is 0.222 e. The first kappa shape index (κ1) is 14.8. The van der Waals surface area contributed by atoms with Crippen molar-refractivity contribution in [3.05, 3.63) is 52.3 Å². The summed E-state index contributed by atoms with van der Waals surface area (Å²) < 4.78 is 26.7. The zero-order valence-corrected chi connectivity index (χ0v) is 12.1. The molecule has 2 N–H and O–H groups in total. The molecule has 0 saturated carbocycles. The van der Waals surface area contributed by atoms with Gasteiger partial charge in [0.05, 0.1) is 16.6 Å². The lowest BCUT2D eigenvalue weighted by Gasteiger charge is -2.20. The Hall–Kier alpha value is -1.60. The summed E-state index contributed by atoms with van der Waals surface area (Å²) >= 11 is 3.21. The predicted molar refractivity (Wildman–Crippen MR) is 74.1 cm³/mol. The van der Waals surface area contributed by atoms with Crippen molar-refractivity contribution in [2.45, 2.75) is 19.1 Å². The summed E-state index contributed by atoms with van der Waals surface area (Å²) in [5, 5.41) is 13.0. The molecular formula is C13H12BrF2N3O. The van der Waals surface area contributed by atoms with Gasteiger partial charge in [0.25, 0.3) is 0 Å². The zero-order valence-electron chi connectivity index (χ0n) is 10.5. The van der Waals surface area contributed by atoms with E-state index in [2.05, 4.69) is 31.2 Å². The second-order valence-electron chi connectivity index (χ2n) is 4.28. The second kappa shape index (κ2) is 6.23. The first-order valence-corrected chi connectivity index (χ1v) is 6.64. The van der Waals surface area contributed by atoms with E-state index in [1.807, 2.05) is 0 Å². The first-order chi connectivity index (χ1) is 9.47. The summed E-state index contributed by atoms with van der Waals surface area (Å²) in [4.78, 5) is 8.02. The molecule has 0 aliphatic carbocycles. The SMILES string of the molecule is C[C@H](Nc1ncc(Br)cn1)[C@H](O)c1ccc(F)c(F)c1. The van der Waals surface area contributed by atoms with Gasteiger partial charge in [-0.1, -0.05) is 6.07 Å². The van der Waals surface area contributed by atoms with Crippen LogP contribution in [-0.2, 0) is 0 Å². The Kier molecular flexibility index (Phi) is 4.61. The van der Waals surface area contributed by atoms with Gasteiger partial charge in [-0.15, -0.1) is 0 Å². The highest BCUT2D eigenvalue weighted by Crippen LogP contribution is 2.21. The van der Waals surface area contributed by atoms with E-state index in [1.165, 1.54) is 6.07 Å². The van der Waals surface area contributed by atoms with Gasteiger partial charge in [-0.25, -0.2) is 18.7 Å². The molecular weight excluding hydrogens is 332 g/mol. The van der Waals surface area contributed by atoms with Gasteiger partial charge in [0.15, 0.2) is 11.6 Å². The molecule has 0 aliphatic heterocycles. The highest BCUT2D eigenvalue weighted by atomic mass is 79.9. The van der Waals surface area contributed by atoms with Gasteiger partial charge in [0, 0.05) is 12.4 Å². The summed E-state index contributed by atoms with van der Waals surface area (Å²) in [5.74, 6) is -1.60. The minimum Gasteiger partial charge on any atom is -0.386 e. The van der Waals surface area contributed by atoms with Gasteiger partial charge < -0.3 is 10.4 Å². The number of aliphatic hydroxyl groups is 1. The average Bonchev–Trinajstić information content (AvgIpc) is 2.43. The highest BCUT2D eigenvalue weighted by molar-refractivity contribution is 9.10. The van der Waals surface area contributed by atoms with Crippen LogP contribution in [0.5, 0.6) is 0 Å². The summed E-state index contributed by atoms with van der Waals surface area (Å²) in [6.07, 6.45) is 2.11. The van der Waals surface area contributed by atoms with Gasteiger partial charge in [0.1, 0.15) is 0 Å². The number of nitrogens with one attached hydrogen (secondary N) is 1. The van der Waals surface area contributed by atoms with Gasteiger partial charge in [-0.05, 0) is 40.5 Å². The van der Waals surface area contributed by atoms with Crippen molar-refractivity contribution in [2.75, 3.05) is 5.32 Å². The van der Waals surface area contributed by atoms with Gasteiger partial charge in [-0.3, -0.25) is 0 Å². The summed E-state index contributed by atoms with van der Waals surface area (Å²) in [5.41, 5.74) is 0.279. The maximum absolute atomic E-state index is 13.1. The molecule has 1 aromatic carbocycles. The molecule has 2 atom stereocenters. The Labute approximate surface area is 123 Å². The molecule has 0 unspecified atom stereocenters. The molecule has 2 rings (SSSR count). The minimum absolute atomic E-state index is 0.279. The van der Waals surface area contributed by atoms with Crippen LogP contribution in [0.4, 0.5) is 14.7 Å². The van der Waals surface area contributed by atoms with Crippen molar-refractivity contribution in [2.24, 2.45) is 0 Å². The van der Waals surface area contributed by atoms with E-state index >= 15 is 0 Å². The molecule has 2 aromatic rings. The third-order valence-electron chi connectivity index (χ3n) is 2.74. The number of aromatic nitrogens is 2. The predicted octanol–water partition coefficient (Wildman–Crippen LogP) is 3.05. The molecule has 106 valence electrons. The van der Waals surface area contributed by atoms with Crippen LogP contribution in [0.15, 0.2) is 35.1 Å². The van der Waals surface area contributed by atoms with Gasteiger partial charge in [-0.2, -0.15) is 0 Å². The van der Waals surface area contributed by atoms with Gasteiger partial charge >= 0.3 is 0 Å². The van der Waals surface area contributed by atoms with Crippen LogP contribution in [0.25, 0.3) is 0 Å². The Balaban J connectivity index is 2.09. The molecule has 1 heterocycles. The Morgan fingerprint density at radius 2 is 1.85 bits per heavy atom. The molecule has 0 saturated heterocycles. The van der Waals surface area contributed by atoms with Crippen LogP contribution in [0.1, 0.15) is 18.6 Å². The van der Waals surface area contributed by atoms with E-state index < -0.39 is 23.8 Å². The third kappa shape index (κ3) is 3.49. The lowest BCUT2D eigenvalue weighted by Crippen LogP contribution is -2.25. The van der Waals surface area contributed by atoms with E-state index in [4.69, 9.17) is 0 Å². The molecule has 0 spiro atoms. The molecule has 0 bridgehead atoms. The second-order valence-corrected chi connectivity index (χ2v) is 5.19. The monoisotopic (exact) mass is 343 g/mol. The van der Waals surface area contributed by atoms with Gasteiger partial charge in [0.2, 0.25) is 5.95 Å². The van der Waals surface area contributed by atoms with Crippen molar-refractivity contribution in [3.63, 3.8) is 0 Å². The lowest BCUT2D eigenvalue weighted by atomic mass is 10.0. The van der Waals surface area contributed by atoms with Crippen LogP contribution < -0.4 is 5.32 Å². The van der Waals surface area contributed by atoms with Crippen molar-refractivity contribution < 1.29 is 13.9 Å². The average molecular weight is 344 g/mol. The van der Waals surface area contributed by atoms with Crippen LogP contribution >= 0.6 is 15.9 Å². The van der Waals surface area contributed by atoms with Crippen molar-refractivity contribution in [1.29, 1.82) is 0 Å². The topological polar surface area (TPSA) is 58.0 Å². The molecule has 4 nitrogen and oxygen atoms in total. The fourth-order valence-corrected chi connectivity index (χ4v) is 1.86. The van der Waals surface area contributed by atoms with E-state index in [-0.39, 0.29) is 5.56 Å². The molecule has 0 radical (unpaired) electrons.